The molecule has 3 amide bonds. The van der Waals surface area contributed by atoms with Crippen LogP contribution in [0.25, 0.3) is 0 Å². The Morgan fingerprint density at radius 2 is 1.77 bits per heavy atom. The number of carbonyl (C=O) groups excluding carboxylic acids is 3. The highest BCUT2D eigenvalue weighted by molar-refractivity contribution is 6.04. The molecule has 7 heteroatoms. The van der Waals surface area contributed by atoms with Crippen LogP contribution in [0.5, 0.6) is 0 Å². The average Bonchev–Trinajstić information content (AvgIpc) is 3.37. The normalized spacial score (nSPS) is 13.6. The van der Waals surface area contributed by atoms with Gasteiger partial charge < -0.3 is 16.0 Å². The second-order valence-electron chi connectivity index (χ2n) is 6.87. The van der Waals surface area contributed by atoms with E-state index in [9.17, 15) is 14.4 Å². The fourth-order valence-electron chi connectivity index (χ4n) is 2.52. The van der Waals surface area contributed by atoms with Crippen LogP contribution in [-0.4, -0.2) is 54.3 Å². The Balaban J connectivity index is 1.93. The number of benzene rings is 1. The largest absolute Gasteiger partial charge is 0.353 e. The van der Waals surface area contributed by atoms with Crippen molar-refractivity contribution < 1.29 is 14.4 Å². The first-order chi connectivity index (χ1) is 12.4. The van der Waals surface area contributed by atoms with Gasteiger partial charge in [-0.2, -0.15) is 0 Å². The maximum atomic E-state index is 12.4. The molecule has 0 saturated heterocycles. The van der Waals surface area contributed by atoms with Crippen molar-refractivity contribution in [1.29, 1.82) is 0 Å². The number of rotatable bonds is 9. The van der Waals surface area contributed by atoms with Gasteiger partial charge in [0.1, 0.15) is 0 Å². The zero-order valence-corrected chi connectivity index (χ0v) is 15.7. The van der Waals surface area contributed by atoms with Gasteiger partial charge in [0.05, 0.1) is 24.3 Å². The first-order valence-corrected chi connectivity index (χ1v) is 9.10. The molecule has 1 aromatic rings. The molecule has 0 bridgehead atoms. The standard InChI is InChI=1S/C19H28N4O3/c1-4-23(11-17(24)20-13(2)3)12-18(25)22-16-8-6-5-7-15(16)19(26)21-14-9-10-14/h5-8,13-14H,4,9-12H2,1-3H3,(H,20,24)(H,21,26)(H,22,25). The Morgan fingerprint density at radius 3 is 2.38 bits per heavy atom. The summed E-state index contributed by atoms with van der Waals surface area (Å²) in [6.07, 6.45) is 2.01. The number of nitrogens with one attached hydrogen (secondary N) is 3. The highest BCUT2D eigenvalue weighted by Gasteiger charge is 2.25. The molecule has 1 fully saturated rings. The van der Waals surface area contributed by atoms with E-state index >= 15 is 0 Å². The van der Waals surface area contributed by atoms with E-state index in [2.05, 4.69) is 16.0 Å². The van der Waals surface area contributed by atoms with Crippen molar-refractivity contribution in [2.75, 3.05) is 25.0 Å². The highest BCUT2D eigenvalue weighted by Crippen LogP contribution is 2.21. The lowest BCUT2D eigenvalue weighted by Crippen LogP contribution is -2.43. The van der Waals surface area contributed by atoms with E-state index in [4.69, 9.17) is 0 Å². The third-order valence-corrected chi connectivity index (χ3v) is 3.99. The number of hydrogen-bond acceptors (Lipinski definition) is 4. The first kappa shape index (κ1) is 19.9. The Bertz CT molecular complexity index is 656. The van der Waals surface area contributed by atoms with Gasteiger partial charge in [-0.25, -0.2) is 0 Å². The summed E-state index contributed by atoms with van der Waals surface area (Å²) in [4.78, 5) is 38.3. The lowest BCUT2D eigenvalue weighted by atomic mass is 10.1. The first-order valence-electron chi connectivity index (χ1n) is 9.10. The maximum absolute atomic E-state index is 12.4. The highest BCUT2D eigenvalue weighted by atomic mass is 16.2. The lowest BCUT2D eigenvalue weighted by molar-refractivity contribution is -0.123. The summed E-state index contributed by atoms with van der Waals surface area (Å²) >= 11 is 0. The van der Waals surface area contributed by atoms with Gasteiger partial charge in [-0.3, -0.25) is 19.3 Å². The SMILES string of the molecule is CCN(CC(=O)Nc1ccccc1C(=O)NC1CC1)CC(=O)NC(C)C. The Labute approximate surface area is 154 Å². The molecule has 0 heterocycles. The molecule has 26 heavy (non-hydrogen) atoms. The van der Waals surface area contributed by atoms with Crippen molar-refractivity contribution in [1.82, 2.24) is 15.5 Å². The zero-order valence-electron chi connectivity index (χ0n) is 15.7. The average molecular weight is 360 g/mol. The molecule has 0 aromatic heterocycles. The van der Waals surface area contributed by atoms with Crippen molar-refractivity contribution in [3.05, 3.63) is 29.8 Å². The summed E-state index contributed by atoms with van der Waals surface area (Å²) in [7, 11) is 0. The molecular formula is C19H28N4O3. The molecule has 3 N–H and O–H groups in total. The minimum absolute atomic E-state index is 0.0619. The van der Waals surface area contributed by atoms with Gasteiger partial charge >= 0.3 is 0 Å². The van der Waals surface area contributed by atoms with Crippen molar-refractivity contribution in [2.45, 2.75) is 45.7 Å². The third kappa shape index (κ3) is 6.48. The van der Waals surface area contributed by atoms with Crippen molar-refractivity contribution in [2.24, 2.45) is 0 Å². The second kappa shape index (κ2) is 9.33. The smallest absolute Gasteiger partial charge is 0.253 e. The van der Waals surface area contributed by atoms with Gasteiger partial charge in [0.2, 0.25) is 11.8 Å². The van der Waals surface area contributed by atoms with Crippen LogP contribution in [0.15, 0.2) is 24.3 Å². The molecule has 142 valence electrons. The Morgan fingerprint density at radius 1 is 1.12 bits per heavy atom. The van der Waals surface area contributed by atoms with Gasteiger partial charge in [0.25, 0.3) is 5.91 Å². The zero-order chi connectivity index (χ0) is 19.1. The maximum Gasteiger partial charge on any atom is 0.253 e. The van der Waals surface area contributed by atoms with Crippen molar-refractivity contribution in [3.8, 4) is 0 Å². The minimum atomic E-state index is -0.254. The number of amides is 3. The summed E-state index contributed by atoms with van der Waals surface area (Å²) in [5.74, 6) is -0.540. The van der Waals surface area contributed by atoms with E-state index in [0.717, 1.165) is 12.8 Å². The van der Waals surface area contributed by atoms with Gasteiger partial charge in [0, 0.05) is 12.1 Å². The predicted octanol–water partition coefficient (Wildman–Crippen LogP) is 1.36. The lowest BCUT2D eigenvalue weighted by Gasteiger charge is -2.20. The number of likely N-dealkylation sites (N-methyl/N-ethyl adjacent to an activating group) is 1. The van der Waals surface area contributed by atoms with Crippen LogP contribution < -0.4 is 16.0 Å². The fourth-order valence-corrected chi connectivity index (χ4v) is 2.52. The van der Waals surface area contributed by atoms with Crippen LogP contribution in [0, 0.1) is 0 Å². The minimum Gasteiger partial charge on any atom is -0.353 e. The van der Waals surface area contributed by atoms with Gasteiger partial charge in [-0.15, -0.1) is 0 Å². The van der Waals surface area contributed by atoms with E-state index in [1.165, 1.54) is 0 Å². The van der Waals surface area contributed by atoms with Crippen LogP contribution in [0.3, 0.4) is 0 Å². The third-order valence-electron chi connectivity index (χ3n) is 3.99. The molecule has 0 aliphatic heterocycles. The number of carbonyl (C=O) groups is 3. The van der Waals surface area contributed by atoms with E-state index in [0.29, 0.717) is 17.8 Å². The molecule has 7 nitrogen and oxygen atoms in total. The molecule has 0 atom stereocenters. The molecule has 0 spiro atoms. The van der Waals surface area contributed by atoms with Gasteiger partial charge in [0.15, 0.2) is 0 Å². The summed E-state index contributed by atoms with van der Waals surface area (Å²) < 4.78 is 0. The number of nitrogens with zero attached hydrogens (tertiary/aromatic N) is 1. The van der Waals surface area contributed by atoms with E-state index in [-0.39, 0.29) is 42.9 Å². The molecule has 0 unspecified atom stereocenters. The van der Waals surface area contributed by atoms with Crippen LogP contribution >= 0.6 is 0 Å². The Hall–Kier alpha value is -2.41. The molecule has 1 aromatic carbocycles. The molecule has 0 radical (unpaired) electrons. The van der Waals surface area contributed by atoms with Crippen LogP contribution in [0.2, 0.25) is 0 Å². The monoisotopic (exact) mass is 360 g/mol. The quantitative estimate of drug-likeness (QED) is 0.620. The topological polar surface area (TPSA) is 90.5 Å². The van der Waals surface area contributed by atoms with Gasteiger partial charge in [-0.05, 0) is 45.4 Å². The summed E-state index contributed by atoms with van der Waals surface area (Å²) in [5, 5.41) is 8.53. The number of hydrogen-bond donors (Lipinski definition) is 3. The predicted molar refractivity (Wildman–Crippen MR) is 101 cm³/mol. The Kier molecular flexibility index (Phi) is 7.15. The molecule has 1 aliphatic rings. The summed E-state index contributed by atoms with van der Waals surface area (Å²) in [5.41, 5.74) is 0.937. The van der Waals surface area contributed by atoms with E-state index in [1.807, 2.05) is 20.8 Å². The summed E-state index contributed by atoms with van der Waals surface area (Å²) in [6, 6.07) is 7.26. The van der Waals surface area contributed by atoms with Gasteiger partial charge in [-0.1, -0.05) is 19.1 Å². The summed E-state index contributed by atoms with van der Waals surface area (Å²) in [6.45, 7) is 6.50. The van der Waals surface area contributed by atoms with E-state index < -0.39 is 0 Å². The second-order valence-corrected chi connectivity index (χ2v) is 6.87. The number of anilines is 1. The van der Waals surface area contributed by atoms with E-state index in [1.54, 1.807) is 29.2 Å². The number of para-hydroxylation sites is 1. The van der Waals surface area contributed by atoms with Crippen molar-refractivity contribution >= 4 is 23.4 Å². The molecule has 2 rings (SSSR count). The van der Waals surface area contributed by atoms with Crippen LogP contribution in [-0.2, 0) is 9.59 Å². The molecule has 1 saturated carbocycles. The molecule has 1 aliphatic carbocycles. The van der Waals surface area contributed by atoms with Crippen LogP contribution in [0.1, 0.15) is 44.0 Å². The fraction of sp³-hybridized carbons (Fsp3) is 0.526. The molecular weight excluding hydrogens is 332 g/mol. The van der Waals surface area contributed by atoms with Crippen LogP contribution in [0.4, 0.5) is 5.69 Å². The van der Waals surface area contributed by atoms with Crippen molar-refractivity contribution in [3.63, 3.8) is 0 Å².